The SMILES string of the molecule is CCOC(=O)N1CCC(C(=O)Nc2cccc(C)c2)CC1. The Morgan fingerprint density at radius 3 is 2.67 bits per heavy atom. The zero-order valence-corrected chi connectivity index (χ0v) is 12.6. The molecule has 1 aliphatic rings. The summed E-state index contributed by atoms with van der Waals surface area (Å²) in [4.78, 5) is 25.5. The number of piperidine rings is 1. The van der Waals surface area contributed by atoms with Gasteiger partial charge in [-0.3, -0.25) is 4.79 Å². The molecule has 0 aliphatic carbocycles. The zero-order chi connectivity index (χ0) is 15.2. The largest absolute Gasteiger partial charge is 0.450 e. The minimum Gasteiger partial charge on any atom is -0.450 e. The Labute approximate surface area is 125 Å². The molecule has 2 rings (SSSR count). The van der Waals surface area contributed by atoms with E-state index < -0.39 is 0 Å². The van der Waals surface area contributed by atoms with Gasteiger partial charge < -0.3 is 15.0 Å². The smallest absolute Gasteiger partial charge is 0.409 e. The summed E-state index contributed by atoms with van der Waals surface area (Å²) < 4.78 is 4.97. The third kappa shape index (κ3) is 4.21. The molecule has 0 unspecified atom stereocenters. The molecule has 1 N–H and O–H groups in total. The maximum Gasteiger partial charge on any atom is 0.409 e. The summed E-state index contributed by atoms with van der Waals surface area (Å²) in [6.07, 6.45) is 1.07. The molecule has 1 fully saturated rings. The molecule has 0 aromatic heterocycles. The molecular formula is C16H22N2O3. The van der Waals surface area contributed by atoms with Crippen molar-refractivity contribution in [1.82, 2.24) is 4.90 Å². The van der Waals surface area contributed by atoms with E-state index in [-0.39, 0.29) is 17.9 Å². The second kappa shape index (κ2) is 7.11. The Morgan fingerprint density at radius 2 is 2.05 bits per heavy atom. The van der Waals surface area contributed by atoms with E-state index in [0.29, 0.717) is 32.5 Å². The van der Waals surface area contributed by atoms with Gasteiger partial charge in [0.15, 0.2) is 0 Å². The van der Waals surface area contributed by atoms with Crippen LogP contribution < -0.4 is 5.32 Å². The first-order chi connectivity index (χ1) is 10.1. The molecule has 1 aromatic carbocycles. The van der Waals surface area contributed by atoms with Crippen LogP contribution in [0.4, 0.5) is 10.5 Å². The van der Waals surface area contributed by atoms with Crippen LogP contribution in [0.2, 0.25) is 0 Å². The quantitative estimate of drug-likeness (QED) is 0.931. The molecule has 0 atom stereocenters. The monoisotopic (exact) mass is 290 g/mol. The summed E-state index contributed by atoms with van der Waals surface area (Å²) in [6.45, 7) is 5.31. The van der Waals surface area contributed by atoms with E-state index >= 15 is 0 Å². The van der Waals surface area contributed by atoms with Crippen molar-refractivity contribution in [3.05, 3.63) is 29.8 Å². The summed E-state index contributed by atoms with van der Waals surface area (Å²) in [5.41, 5.74) is 1.94. The average molecular weight is 290 g/mol. The van der Waals surface area contributed by atoms with E-state index in [2.05, 4.69) is 5.32 Å². The summed E-state index contributed by atoms with van der Waals surface area (Å²) in [5.74, 6) is -0.0136. The topological polar surface area (TPSA) is 58.6 Å². The number of nitrogens with zero attached hydrogens (tertiary/aromatic N) is 1. The third-order valence-electron chi connectivity index (χ3n) is 3.68. The molecular weight excluding hydrogens is 268 g/mol. The van der Waals surface area contributed by atoms with Gasteiger partial charge in [-0.05, 0) is 44.4 Å². The van der Waals surface area contributed by atoms with Crippen molar-refractivity contribution in [2.24, 2.45) is 5.92 Å². The van der Waals surface area contributed by atoms with Crippen molar-refractivity contribution in [3.8, 4) is 0 Å². The molecule has 1 saturated heterocycles. The number of carbonyl (C=O) groups excluding carboxylic acids is 2. The predicted octanol–water partition coefficient (Wildman–Crippen LogP) is 2.80. The summed E-state index contributed by atoms with van der Waals surface area (Å²) in [5, 5.41) is 2.95. The van der Waals surface area contributed by atoms with Crippen LogP contribution in [0.1, 0.15) is 25.3 Å². The van der Waals surface area contributed by atoms with E-state index in [4.69, 9.17) is 4.74 Å². The first-order valence-corrected chi connectivity index (χ1v) is 7.39. The van der Waals surface area contributed by atoms with Gasteiger partial charge in [-0.25, -0.2) is 4.79 Å². The summed E-state index contributed by atoms with van der Waals surface area (Å²) in [7, 11) is 0. The fourth-order valence-corrected chi connectivity index (χ4v) is 2.51. The van der Waals surface area contributed by atoms with Crippen LogP contribution in [-0.4, -0.2) is 36.6 Å². The van der Waals surface area contributed by atoms with Crippen molar-refractivity contribution in [2.45, 2.75) is 26.7 Å². The number of benzene rings is 1. The lowest BCUT2D eigenvalue weighted by atomic mass is 9.96. The molecule has 1 aliphatic heterocycles. The second-order valence-electron chi connectivity index (χ2n) is 5.32. The van der Waals surface area contributed by atoms with E-state index in [9.17, 15) is 9.59 Å². The number of amides is 2. The van der Waals surface area contributed by atoms with Gasteiger partial charge in [0, 0.05) is 24.7 Å². The van der Waals surface area contributed by atoms with Gasteiger partial charge in [0.1, 0.15) is 0 Å². The average Bonchev–Trinajstić information content (AvgIpc) is 2.47. The molecule has 0 bridgehead atoms. The fraction of sp³-hybridized carbons (Fsp3) is 0.500. The number of rotatable bonds is 3. The van der Waals surface area contributed by atoms with Gasteiger partial charge in [0.25, 0.3) is 0 Å². The van der Waals surface area contributed by atoms with Crippen LogP contribution >= 0.6 is 0 Å². The van der Waals surface area contributed by atoms with Crippen molar-refractivity contribution >= 4 is 17.7 Å². The van der Waals surface area contributed by atoms with Gasteiger partial charge in [-0.1, -0.05) is 12.1 Å². The van der Waals surface area contributed by atoms with Crippen LogP contribution in [0.15, 0.2) is 24.3 Å². The first-order valence-electron chi connectivity index (χ1n) is 7.39. The fourth-order valence-electron chi connectivity index (χ4n) is 2.51. The lowest BCUT2D eigenvalue weighted by Gasteiger charge is -2.30. The maximum atomic E-state index is 12.2. The van der Waals surface area contributed by atoms with E-state index in [0.717, 1.165) is 11.3 Å². The summed E-state index contributed by atoms with van der Waals surface area (Å²) in [6, 6.07) is 7.76. The van der Waals surface area contributed by atoms with E-state index in [1.54, 1.807) is 11.8 Å². The van der Waals surface area contributed by atoms with Crippen molar-refractivity contribution in [1.29, 1.82) is 0 Å². The molecule has 2 amide bonds. The molecule has 0 radical (unpaired) electrons. The van der Waals surface area contributed by atoms with Gasteiger partial charge in [-0.2, -0.15) is 0 Å². The maximum absolute atomic E-state index is 12.2. The van der Waals surface area contributed by atoms with Gasteiger partial charge in [0.05, 0.1) is 6.61 Å². The van der Waals surface area contributed by atoms with Gasteiger partial charge in [0.2, 0.25) is 5.91 Å². The molecule has 114 valence electrons. The molecule has 0 saturated carbocycles. The molecule has 1 heterocycles. The molecule has 21 heavy (non-hydrogen) atoms. The van der Waals surface area contributed by atoms with Gasteiger partial charge in [-0.15, -0.1) is 0 Å². The number of nitrogens with one attached hydrogen (secondary N) is 1. The Bertz CT molecular complexity index is 508. The minimum absolute atomic E-state index is 0.0316. The van der Waals surface area contributed by atoms with Crippen LogP contribution in [0.5, 0.6) is 0 Å². The number of likely N-dealkylation sites (tertiary alicyclic amines) is 1. The van der Waals surface area contributed by atoms with Crippen molar-refractivity contribution in [2.75, 3.05) is 25.0 Å². The van der Waals surface area contributed by atoms with E-state index in [1.165, 1.54) is 0 Å². The standard InChI is InChI=1S/C16H22N2O3/c1-3-21-16(20)18-9-7-13(8-10-18)15(19)17-14-6-4-5-12(2)11-14/h4-6,11,13H,3,7-10H2,1-2H3,(H,17,19). The number of anilines is 1. The number of ether oxygens (including phenoxy) is 1. The summed E-state index contributed by atoms with van der Waals surface area (Å²) >= 11 is 0. The van der Waals surface area contributed by atoms with Crippen molar-refractivity contribution < 1.29 is 14.3 Å². The number of aryl methyl sites for hydroxylation is 1. The highest BCUT2D eigenvalue weighted by atomic mass is 16.6. The molecule has 5 heteroatoms. The molecule has 0 spiro atoms. The zero-order valence-electron chi connectivity index (χ0n) is 12.6. The Kier molecular flexibility index (Phi) is 5.20. The Hall–Kier alpha value is -2.04. The highest BCUT2D eigenvalue weighted by Crippen LogP contribution is 2.20. The van der Waals surface area contributed by atoms with Crippen molar-refractivity contribution in [3.63, 3.8) is 0 Å². The molecule has 1 aromatic rings. The number of carbonyl (C=O) groups is 2. The Balaban J connectivity index is 1.84. The highest BCUT2D eigenvalue weighted by Gasteiger charge is 2.27. The minimum atomic E-state index is -0.282. The van der Waals surface area contributed by atoms with E-state index in [1.807, 2.05) is 31.2 Å². The molecule has 5 nitrogen and oxygen atoms in total. The Morgan fingerprint density at radius 1 is 1.33 bits per heavy atom. The van der Waals surface area contributed by atoms with Crippen LogP contribution in [-0.2, 0) is 9.53 Å². The lowest BCUT2D eigenvalue weighted by molar-refractivity contribution is -0.121. The lowest BCUT2D eigenvalue weighted by Crippen LogP contribution is -2.41. The number of hydrogen-bond acceptors (Lipinski definition) is 3. The predicted molar refractivity (Wildman–Crippen MR) is 81.1 cm³/mol. The first kappa shape index (κ1) is 15.4. The second-order valence-corrected chi connectivity index (χ2v) is 5.32. The number of hydrogen-bond donors (Lipinski definition) is 1. The normalized spacial score (nSPS) is 15.6. The highest BCUT2D eigenvalue weighted by molar-refractivity contribution is 5.92. The van der Waals surface area contributed by atoms with Gasteiger partial charge >= 0.3 is 6.09 Å². The van der Waals surface area contributed by atoms with Crippen LogP contribution in [0, 0.1) is 12.8 Å². The van der Waals surface area contributed by atoms with Crippen LogP contribution in [0.25, 0.3) is 0 Å². The third-order valence-corrected chi connectivity index (χ3v) is 3.68. The van der Waals surface area contributed by atoms with Crippen LogP contribution in [0.3, 0.4) is 0 Å².